The normalized spacial score (nSPS) is 9.05. The van der Waals surface area contributed by atoms with Crippen LogP contribution < -0.4 is 10.1 Å². The Hall–Kier alpha value is -3.08. The summed E-state index contributed by atoms with van der Waals surface area (Å²) in [7, 11) is 1.57. The second kappa shape index (κ2) is 8.97. The number of rotatable bonds is 7. The van der Waals surface area contributed by atoms with Gasteiger partial charge in [-0.2, -0.15) is 15.8 Å². The van der Waals surface area contributed by atoms with Crippen molar-refractivity contribution in [3.63, 3.8) is 0 Å². The van der Waals surface area contributed by atoms with Crippen molar-refractivity contribution in [3.8, 4) is 24.0 Å². The second-order valence-corrected chi connectivity index (χ2v) is 4.05. The fourth-order valence-electron chi connectivity index (χ4n) is 1.53. The van der Waals surface area contributed by atoms with Crippen LogP contribution in [0.3, 0.4) is 0 Å². The Morgan fingerprint density at radius 3 is 2.50 bits per heavy atom. The maximum atomic E-state index is 13.4. The first-order valence-electron chi connectivity index (χ1n) is 6.29. The molecule has 0 amide bonds. The minimum absolute atomic E-state index is 0.164. The number of ether oxygens (including phenoxy) is 2. The van der Waals surface area contributed by atoms with E-state index in [1.165, 1.54) is 12.1 Å². The number of methoxy groups -OCH3 is 1. The molecule has 1 aromatic rings. The summed E-state index contributed by atoms with van der Waals surface area (Å²) < 4.78 is 23.7. The fraction of sp³-hybridized carbons (Fsp3) is 0.267. The Labute approximate surface area is 127 Å². The summed E-state index contributed by atoms with van der Waals surface area (Å²) in [5, 5.41) is 29.1. The Morgan fingerprint density at radius 1 is 1.18 bits per heavy atom. The summed E-state index contributed by atoms with van der Waals surface area (Å²) in [4.78, 5) is 0. The second-order valence-electron chi connectivity index (χ2n) is 4.05. The summed E-state index contributed by atoms with van der Waals surface area (Å²) in [5.74, 6) is -0.236. The first-order valence-corrected chi connectivity index (χ1v) is 6.29. The Morgan fingerprint density at radius 2 is 1.91 bits per heavy atom. The molecule has 112 valence electrons. The molecule has 0 aliphatic carbocycles. The highest BCUT2D eigenvalue weighted by Gasteiger charge is 2.11. The van der Waals surface area contributed by atoms with Crippen LogP contribution in [0.4, 0.5) is 10.1 Å². The molecule has 6 nitrogen and oxygen atoms in total. The van der Waals surface area contributed by atoms with Gasteiger partial charge >= 0.3 is 0 Å². The lowest BCUT2D eigenvalue weighted by Crippen LogP contribution is -2.06. The molecule has 0 bridgehead atoms. The predicted octanol–water partition coefficient (Wildman–Crippen LogP) is 2.48. The third-order valence-electron chi connectivity index (χ3n) is 2.54. The number of hydrogen-bond acceptors (Lipinski definition) is 6. The topological polar surface area (TPSA) is 102 Å². The maximum Gasteiger partial charge on any atom is 0.163 e. The molecule has 0 aromatic heterocycles. The van der Waals surface area contributed by atoms with Crippen molar-refractivity contribution in [2.45, 2.75) is 6.42 Å². The molecule has 0 atom stereocenters. The number of hydrogen-bond donors (Lipinski definition) is 1. The molecule has 1 N–H and O–H groups in total. The van der Waals surface area contributed by atoms with E-state index in [0.717, 1.165) is 6.07 Å². The number of allylic oxidation sites excluding steroid dienone is 2. The van der Waals surface area contributed by atoms with E-state index in [4.69, 9.17) is 25.3 Å². The molecule has 1 rings (SSSR count). The molecule has 0 aliphatic rings. The molecular weight excluding hydrogens is 287 g/mol. The van der Waals surface area contributed by atoms with E-state index in [2.05, 4.69) is 5.32 Å². The van der Waals surface area contributed by atoms with Gasteiger partial charge in [-0.25, -0.2) is 4.39 Å². The summed E-state index contributed by atoms with van der Waals surface area (Å²) in [6.45, 7) is 0.851. The quantitative estimate of drug-likeness (QED) is 0.613. The van der Waals surface area contributed by atoms with Gasteiger partial charge in [0.15, 0.2) is 5.57 Å². The Balaban J connectivity index is 3.01. The molecule has 0 unspecified atom stereocenters. The van der Waals surface area contributed by atoms with Crippen LogP contribution in [0.15, 0.2) is 29.5 Å². The number of nitrogens with one attached hydrogen (secondary N) is 1. The van der Waals surface area contributed by atoms with Gasteiger partial charge in [0.05, 0.1) is 12.3 Å². The van der Waals surface area contributed by atoms with E-state index in [1.807, 2.05) is 0 Å². The highest BCUT2D eigenvalue weighted by Crippen LogP contribution is 2.27. The molecule has 0 saturated carbocycles. The number of nitriles is 3. The molecule has 0 spiro atoms. The number of benzene rings is 1. The van der Waals surface area contributed by atoms with Gasteiger partial charge < -0.3 is 14.8 Å². The van der Waals surface area contributed by atoms with Gasteiger partial charge in [0.1, 0.15) is 35.5 Å². The monoisotopic (exact) mass is 300 g/mol. The molecule has 7 heteroatoms. The molecule has 0 aliphatic heterocycles. The van der Waals surface area contributed by atoms with Gasteiger partial charge in [-0.1, -0.05) is 0 Å². The maximum absolute atomic E-state index is 13.4. The van der Waals surface area contributed by atoms with Crippen molar-refractivity contribution in [1.82, 2.24) is 0 Å². The highest BCUT2D eigenvalue weighted by atomic mass is 19.1. The van der Waals surface area contributed by atoms with Crippen LogP contribution in [0.25, 0.3) is 0 Å². The molecule has 0 fully saturated rings. The van der Waals surface area contributed by atoms with E-state index in [1.54, 1.807) is 25.3 Å². The molecular formula is C15H13FN4O2. The molecule has 0 heterocycles. The first-order chi connectivity index (χ1) is 10.7. The van der Waals surface area contributed by atoms with Gasteiger partial charge in [-0.3, -0.25) is 0 Å². The van der Waals surface area contributed by atoms with Crippen LogP contribution >= 0.6 is 0 Å². The van der Waals surface area contributed by atoms with Crippen molar-refractivity contribution >= 4 is 5.69 Å². The van der Waals surface area contributed by atoms with Crippen molar-refractivity contribution in [1.29, 1.82) is 15.8 Å². The van der Waals surface area contributed by atoms with Crippen LogP contribution in [-0.4, -0.2) is 20.3 Å². The van der Waals surface area contributed by atoms with Crippen LogP contribution in [-0.2, 0) is 4.74 Å². The Kier molecular flexibility index (Phi) is 6.92. The number of nitrogens with zero attached hydrogens (tertiary/aromatic N) is 3. The van der Waals surface area contributed by atoms with Crippen molar-refractivity contribution in [2.75, 3.05) is 25.6 Å². The minimum atomic E-state index is -0.542. The zero-order chi connectivity index (χ0) is 16.4. The zero-order valence-corrected chi connectivity index (χ0v) is 11.9. The van der Waals surface area contributed by atoms with Crippen molar-refractivity contribution < 1.29 is 13.9 Å². The van der Waals surface area contributed by atoms with E-state index in [9.17, 15) is 4.39 Å². The lowest BCUT2D eigenvalue weighted by atomic mass is 10.2. The van der Waals surface area contributed by atoms with Crippen molar-refractivity contribution in [3.05, 3.63) is 35.3 Å². The summed E-state index contributed by atoms with van der Waals surface area (Å²) >= 11 is 0. The molecule has 0 radical (unpaired) electrons. The van der Waals surface area contributed by atoms with Crippen LogP contribution in [0.5, 0.6) is 5.75 Å². The molecule has 0 saturated heterocycles. The number of anilines is 1. The lowest BCUT2D eigenvalue weighted by molar-refractivity contribution is 0.172. The highest BCUT2D eigenvalue weighted by molar-refractivity contribution is 5.64. The predicted molar refractivity (Wildman–Crippen MR) is 75.9 cm³/mol. The van der Waals surface area contributed by atoms with Gasteiger partial charge in [0.2, 0.25) is 0 Å². The summed E-state index contributed by atoms with van der Waals surface area (Å²) in [6.07, 6.45) is 0.635. The van der Waals surface area contributed by atoms with Gasteiger partial charge in [-0.05, 0) is 12.1 Å². The minimum Gasteiger partial charge on any atom is -0.491 e. The van der Waals surface area contributed by atoms with E-state index < -0.39 is 11.4 Å². The first kappa shape index (κ1) is 17.0. The van der Waals surface area contributed by atoms with E-state index >= 15 is 0 Å². The van der Waals surface area contributed by atoms with Crippen LogP contribution in [0.1, 0.15) is 6.42 Å². The smallest absolute Gasteiger partial charge is 0.163 e. The third-order valence-corrected chi connectivity index (χ3v) is 2.54. The van der Waals surface area contributed by atoms with Gasteiger partial charge in [-0.15, -0.1) is 0 Å². The van der Waals surface area contributed by atoms with Gasteiger partial charge in [0, 0.05) is 26.2 Å². The molecule has 1 aromatic carbocycles. The standard InChI is InChI=1S/C15H13FN4O2/c1-21-5-2-6-22-15-4-3-12(16)7-13(15)20-14(10-19)11(8-17)9-18/h3-4,7,20H,2,5-6H2,1H3. The largest absolute Gasteiger partial charge is 0.491 e. The fourth-order valence-corrected chi connectivity index (χ4v) is 1.53. The SMILES string of the molecule is COCCCOc1ccc(F)cc1NC(C#N)=C(C#N)C#N. The van der Waals surface area contributed by atoms with E-state index in [-0.39, 0.29) is 11.4 Å². The van der Waals surface area contributed by atoms with E-state index in [0.29, 0.717) is 25.4 Å². The summed E-state index contributed by atoms with van der Waals surface area (Å²) in [6, 6.07) is 8.63. The number of halogens is 1. The zero-order valence-electron chi connectivity index (χ0n) is 11.9. The Bertz CT molecular complexity index is 664. The average Bonchev–Trinajstić information content (AvgIpc) is 2.53. The van der Waals surface area contributed by atoms with Crippen LogP contribution in [0, 0.1) is 39.8 Å². The van der Waals surface area contributed by atoms with Gasteiger partial charge in [0.25, 0.3) is 0 Å². The lowest BCUT2D eigenvalue weighted by Gasteiger charge is -2.12. The third kappa shape index (κ3) is 4.79. The summed E-state index contributed by atoms with van der Waals surface area (Å²) in [5.41, 5.74) is -0.494. The average molecular weight is 300 g/mol. The van der Waals surface area contributed by atoms with Crippen LogP contribution in [0.2, 0.25) is 0 Å². The molecule has 22 heavy (non-hydrogen) atoms. The van der Waals surface area contributed by atoms with Crippen molar-refractivity contribution in [2.24, 2.45) is 0 Å².